The molecule has 2 N–H and O–H groups in total. The topological polar surface area (TPSA) is 91.4 Å². The highest BCUT2D eigenvalue weighted by Crippen LogP contribution is 2.07. The molecule has 0 bridgehead atoms. The molecule has 0 aromatic carbocycles. The molecule has 1 heterocycles. The van der Waals surface area contributed by atoms with Crippen LogP contribution in [0.2, 0.25) is 0 Å². The zero-order valence-electron chi connectivity index (χ0n) is 9.13. The highest BCUT2D eigenvalue weighted by molar-refractivity contribution is 7.90. The minimum atomic E-state index is -3.56. The largest absolute Gasteiger partial charge is 0.398 e. The van der Waals surface area contributed by atoms with Gasteiger partial charge in [0.25, 0.3) is 5.56 Å². The van der Waals surface area contributed by atoms with Gasteiger partial charge in [0.05, 0.1) is 6.61 Å². The molecule has 90 valence electrons. The molecule has 0 aliphatic heterocycles. The summed E-state index contributed by atoms with van der Waals surface area (Å²) in [5, 5.41) is 0. The number of aromatic nitrogens is 1. The van der Waals surface area contributed by atoms with Crippen molar-refractivity contribution < 1.29 is 13.2 Å². The fourth-order valence-corrected chi connectivity index (χ4v) is 2.04. The van der Waals surface area contributed by atoms with Crippen molar-refractivity contribution in [1.82, 2.24) is 4.57 Å². The van der Waals surface area contributed by atoms with Gasteiger partial charge in [-0.15, -0.1) is 0 Å². The Morgan fingerprint density at radius 3 is 2.62 bits per heavy atom. The van der Waals surface area contributed by atoms with Crippen molar-refractivity contribution in [2.45, 2.75) is 11.4 Å². The second-order valence-electron chi connectivity index (χ2n) is 3.40. The molecule has 0 radical (unpaired) electrons. The Hall–Kier alpha value is -1.34. The van der Waals surface area contributed by atoms with Gasteiger partial charge in [0.15, 0.2) is 9.84 Å². The molecule has 1 rings (SSSR count). The smallest absolute Gasteiger partial charge is 0.269 e. The molecule has 0 unspecified atom stereocenters. The molecule has 1 aromatic rings. The van der Waals surface area contributed by atoms with Gasteiger partial charge >= 0.3 is 0 Å². The third-order valence-corrected chi connectivity index (χ3v) is 3.10. The first-order valence-electron chi connectivity index (χ1n) is 4.55. The highest BCUT2D eigenvalue weighted by atomic mass is 32.2. The molecule has 0 saturated carbocycles. The summed E-state index contributed by atoms with van der Waals surface area (Å²) in [4.78, 5) is 11.5. The number of nitrogens with zero attached hydrogens (tertiary/aromatic N) is 1. The highest BCUT2D eigenvalue weighted by Gasteiger charge is 2.15. The molecule has 0 atom stereocenters. The Morgan fingerprint density at radius 1 is 1.50 bits per heavy atom. The molecule has 16 heavy (non-hydrogen) atoms. The monoisotopic (exact) mass is 246 g/mol. The average Bonchev–Trinajstić information content (AvgIpc) is 2.17. The second kappa shape index (κ2) is 4.67. The van der Waals surface area contributed by atoms with Gasteiger partial charge in [-0.2, -0.15) is 0 Å². The Labute approximate surface area is 93.6 Å². The predicted molar refractivity (Wildman–Crippen MR) is 60.1 cm³/mol. The van der Waals surface area contributed by atoms with Crippen molar-refractivity contribution in [3.8, 4) is 0 Å². The van der Waals surface area contributed by atoms with Crippen molar-refractivity contribution in [1.29, 1.82) is 0 Å². The molecule has 0 spiro atoms. The van der Waals surface area contributed by atoms with E-state index in [1.54, 1.807) is 0 Å². The number of pyridine rings is 1. The first-order valence-corrected chi connectivity index (χ1v) is 6.44. The van der Waals surface area contributed by atoms with Crippen molar-refractivity contribution in [3.63, 3.8) is 0 Å². The fraction of sp³-hybridized carbons (Fsp3) is 0.444. The Bertz CT molecular complexity index is 533. The maximum absolute atomic E-state index is 11.7. The van der Waals surface area contributed by atoms with Crippen molar-refractivity contribution in [3.05, 3.63) is 22.6 Å². The summed E-state index contributed by atoms with van der Waals surface area (Å²) >= 11 is 0. The van der Waals surface area contributed by atoms with Gasteiger partial charge < -0.3 is 15.0 Å². The molecule has 1 aromatic heterocycles. The zero-order valence-corrected chi connectivity index (χ0v) is 9.95. The zero-order chi connectivity index (χ0) is 12.3. The van der Waals surface area contributed by atoms with Crippen LogP contribution in [0.4, 0.5) is 5.69 Å². The summed E-state index contributed by atoms with van der Waals surface area (Å²) in [5.41, 5.74) is 5.19. The maximum Gasteiger partial charge on any atom is 0.269 e. The molecular weight excluding hydrogens is 232 g/mol. The summed E-state index contributed by atoms with van der Waals surface area (Å²) in [7, 11) is -2.06. The van der Waals surface area contributed by atoms with Crippen LogP contribution in [0.1, 0.15) is 0 Å². The number of anilines is 1. The van der Waals surface area contributed by atoms with Crippen molar-refractivity contribution >= 4 is 15.5 Å². The van der Waals surface area contributed by atoms with Crippen LogP contribution in [0.5, 0.6) is 0 Å². The summed E-state index contributed by atoms with van der Waals surface area (Å²) in [6, 6.07) is 1.17. The number of hydrogen-bond donors (Lipinski definition) is 1. The fourth-order valence-electron chi connectivity index (χ4n) is 1.25. The van der Waals surface area contributed by atoms with Gasteiger partial charge in [-0.05, 0) is 6.07 Å². The van der Waals surface area contributed by atoms with Crippen LogP contribution in [-0.4, -0.2) is 33.0 Å². The molecule has 0 amide bonds. The van der Waals surface area contributed by atoms with Crippen molar-refractivity contribution in [2.75, 3.05) is 25.7 Å². The van der Waals surface area contributed by atoms with Gasteiger partial charge in [0.2, 0.25) is 0 Å². The number of nitrogens with two attached hydrogens (primary N) is 1. The van der Waals surface area contributed by atoms with E-state index < -0.39 is 15.4 Å². The lowest BCUT2D eigenvalue weighted by molar-refractivity contribution is 0.186. The molecule has 0 saturated heterocycles. The quantitative estimate of drug-likeness (QED) is 0.772. The Balaban J connectivity index is 3.33. The molecular formula is C9H14N2O4S. The number of rotatable bonds is 4. The number of methoxy groups -OCH3 is 1. The minimum absolute atomic E-state index is 0.233. The second-order valence-corrected chi connectivity index (χ2v) is 5.39. The minimum Gasteiger partial charge on any atom is -0.398 e. The number of sulfone groups is 1. The molecule has 6 nitrogen and oxygen atoms in total. The van der Waals surface area contributed by atoms with Gasteiger partial charge in [0.1, 0.15) is 4.90 Å². The van der Waals surface area contributed by atoms with Gasteiger partial charge in [0, 0.05) is 31.8 Å². The van der Waals surface area contributed by atoms with Crippen LogP contribution in [0.25, 0.3) is 0 Å². The van der Waals surface area contributed by atoms with E-state index in [4.69, 9.17) is 10.5 Å². The van der Waals surface area contributed by atoms with Gasteiger partial charge in [-0.1, -0.05) is 0 Å². The lowest BCUT2D eigenvalue weighted by atomic mass is 10.4. The molecule has 0 aliphatic carbocycles. The Kier molecular flexibility index (Phi) is 3.71. The van der Waals surface area contributed by atoms with E-state index >= 15 is 0 Å². The lowest BCUT2D eigenvalue weighted by Gasteiger charge is -2.08. The lowest BCUT2D eigenvalue weighted by Crippen LogP contribution is -2.27. The summed E-state index contributed by atoms with van der Waals surface area (Å²) in [6.45, 7) is 0.579. The summed E-state index contributed by atoms with van der Waals surface area (Å²) in [6.07, 6.45) is 2.37. The predicted octanol–water partition coefficient (Wildman–Crippen LogP) is -0.520. The van der Waals surface area contributed by atoms with Gasteiger partial charge in [-0.3, -0.25) is 4.79 Å². The normalized spacial score (nSPS) is 11.6. The number of hydrogen-bond acceptors (Lipinski definition) is 5. The van der Waals surface area contributed by atoms with E-state index in [1.807, 2.05) is 0 Å². The SMILES string of the molecule is COCCn1cc(N)cc(S(C)(=O)=O)c1=O. The Morgan fingerprint density at radius 2 is 2.12 bits per heavy atom. The van der Waals surface area contributed by atoms with E-state index in [0.717, 1.165) is 6.26 Å². The molecule has 0 aliphatic rings. The van der Waals surface area contributed by atoms with E-state index in [2.05, 4.69) is 0 Å². The van der Waals surface area contributed by atoms with Crippen LogP contribution in [0.3, 0.4) is 0 Å². The van der Waals surface area contributed by atoms with Crippen LogP contribution in [0.15, 0.2) is 22.0 Å². The molecule has 7 heteroatoms. The first-order chi connectivity index (χ1) is 7.36. The third-order valence-electron chi connectivity index (χ3n) is 2.01. The summed E-state index contributed by atoms with van der Waals surface area (Å²) in [5.74, 6) is 0. The van der Waals surface area contributed by atoms with E-state index in [-0.39, 0.29) is 17.1 Å². The molecule has 0 fully saturated rings. The number of ether oxygens (including phenoxy) is 1. The average molecular weight is 246 g/mol. The van der Waals surface area contributed by atoms with E-state index in [0.29, 0.717) is 6.61 Å². The standard InChI is InChI=1S/C9H14N2O4S/c1-15-4-3-11-6-7(10)5-8(9(11)12)16(2,13)14/h5-6H,3-4,10H2,1-2H3. The maximum atomic E-state index is 11.7. The van der Waals surface area contributed by atoms with Crippen molar-refractivity contribution in [2.24, 2.45) is 0 Å². The third kappa shape index (κ3) is 2.83. The van der Waals surface area contributed by atoms with Crippen LogP contribution in [-0.2, 0) is 21.1 Å². The number of nitrogen functional groups attached to an aromatic ring is 1. The van der Waals surface area contributed by atoms with Gasteiger partial charge in [-0.25, -0.2) is 8.42 Å². The van der Waals surface area contributed by atoms with E-state index in [1.165, 1.54) is 23.9 Å². The first kappa shape index (κ1) is 12.7. The van der Waals surface area contributed by atoms with Crippen LogP contribution in [0, 0.1) is 0 Å². The summed E-state index contributed by atoms with van der Waals surface area (Å²) < 4.78 is 28.7. The van der Waals surface area contributed by atoms with Crippen LogP contribution >= 0.6 is 0 Å². The van der Waals surface area contributed by atoms with E-state index in [9.17, 15) is 13.2 Å². The van der Waals surface area contributed by atoms with Crippen LogP contribution < -0.4 is 11.3 Å².